The number of carboxylic acids is 1. The molecule has 0 aliphatic heterocycles. The molecule has 0 unspecified atom stereocenters. The van der Waals surface area contributed by atoms with Crippen molar-refractivity contribution in [3.05, 3.63) is 30.1 Å². The number of aromatic nitrogens is 2. The van der Waals surface area contributed by atoms with Crippen molar-refractivity contribution in [1.29, 1.82) is 0 Å². The van der Waals surface area contributed by atoms with E-state index in [1.54, 1.807) is 24.4 Å². The maximum atomic E-state index is 11.0. The number of fused-ring (bicyclic) bond motifs is 1. The summed E-state index contributed by atoms with van der Waals surface area (Å²) < 4.78 is 1.52. The summed E-state index contributed by atoms with van der Waals surface area (Å²) in [5.74, 6) is -1.34. The van der Waals surface area contributed by atoms with Gasteiger partial charge in [0.2, 0.25) is 5.91 Å². The molecule has 2 heterocycles. The topological polar surface area (TPSA) is 83.7 Å². The molecule has 0 aliphatic carbocycles. The van der Waals surface area contributed by atoms with Crippen LogP contribution in [0.5, 0.6) is 0 Å². The highest BCUT2D eigenvalue weighted by atomic mass is 16.4. The second kappa shape index (κ2) is 3.65. The number of pyridine rings is 1. The SMILES string of the molecule is CC(=O)Nc1c(C(=O)O)nc2ccccn12. The standard InChI is InChI=1S/C10H9N3O3/c1-6(14)11-9-8(10(15)16)12-7-4-2-3-5-13(7)9/h2-5H,1H3,(H,11,14)(H,15,16). The van der Waals surface area contributed by atoms with Crippen molar-refractivity contribution in [2.75, 3.05) is 5.32 Å². The number of imidazole rings is 1. The average molecular weight is 219 g/mol. The number of hydrogen-bond acceptors (Lipinski definition) is 3. The Kier molecular flexibility index (Phi) is 2.32. The third-order valence-electron chi connectivity index (χ3n) is 2.03. The van der Waals surface area contributed by atoms with Crippen molar-refractivity contribution in [2.24, 2.45) is 0 Å². The molecule has 2 aromatic heterocycles. The summed E-state index contributed by atoms with van der Waals surface area (Å²) in [6.07, 6.45) is 1.64. The first-order valence-electron chi connectivity index (χ1n) is 4.57. The predicted molar refractivity (Wildman–Crippen MR) is 56.5 cm³/mol. The molecule has 0 saturated heterocycles. The fourth-order valence-electron chi connectivity index (χ4n) is 1.43. The van der Waals surface area contributed by atoms with Gasteiger partial charge in [0.25, 0.3) is 0 Å². The number of aromatic carboxylic acids is 1. The molecule has 0 radical (unpaired) electrons. The summed E-state index contributed by atoms with van der Waals surface area (Å²) in [5, 5.41) is 11.4. The number of nitrogens with one attached hydrogen (secondary N) is 1. The largest absolute Gasteiger partial charge is 0.476 e. The maximum Gasteiger partial charge on any atom is 0.358 e. The Labute approximate surface area is 90.5 Å². The van der Waals surface area contributed by atoms with Crippen LogP contribution in [0.25, 0.3) is 5.65 Å². The van der Waals surface area contributed by atoms with Gasteiger partial charge in [0, 0.05) is 13.1 Å². The normalized spacial score (nSPS) is 10.3. The Morgan fingerprint density at radius 1 is 1.44 bits per heavy atom. The van der Waals surface area contributed by atoms with E-state index in [2.05, 4.69) is 10.3 Å². The van der Waals surface area contributed by atoms with E-state index < -0.39 is 5.97 Å². The number of carbonyl (C=O) groups excluding carboxylic acids is 1. The van der Waals surface area contributed by atoms with Crippen molar-refractivity contribution in [2.45, 2.75) is 6.92 Å². The second-order valence-corrected chi connectivity index (χ2v) is 3.22. The van der Waals surface area contributed by atoms with E-state index in [-0.39, 0.29) is 17.4 Å². The van der Waals surface area contributed by atoms with Crippen LogP contribution in [0.3, 0.4) is 0 Å². The van der Waals surface area contributed by atoms with Gasteiger partial charge >= 0.3 is 5.97 Å². The zero-order valence-electron chi connectivity index (χ0n) is 8.47. The first-order valence-corrected chi connectivity index (χ1v) is 4.57. The Morgan fingerprint density at radius 3 is 2.81 bits per heavy atom. The van der Waals surface area contributed by atoms with Crippen LogP contribution in [-0.2, 0) is 4.79 Å². The van der Waals surface area contributed by atoms with Gasteiger partial charge in [-0.3, -0.25) is 9.20 Å². The molecule has 1 amide bonds. The van der Waals surface area contributed by atoms with Gasteiger partial charge in [-0.15, -0.1) is 0 Å². The first-order chi connectivity index (χ1) is 7.59. The number of rotatable bonds is 2. The summed E-state index contributed by atoms with van der Waals surface area (Å²) in [6.45, 7) is 1.31. The van der Waals surface area contributed by atoms with Crippen LogP contribution in [0.4, 0.5) is 5.82 Å². The van der Waals surface area contributed by atoms with Crippen molar-refractivity contribution in [3.8, 4) is 0 Å². The third kappa shape index (κ3) is 1.60. The highest BCUT2D eigenvalue weighted by molar-refractivity contribution is 5.98. The van der Waals surface area contributed by atoms with Crippen LogP contribution in [0.15, 0.2) is 24.4 Å². The third-order valence-corrected chi connectivity index (χ3v) is 2.03. The van der Waals surface area contributed by atoms with Gasteiger partial charge < -0.3 is 10.4 Å². The molecular weight excluding hydrogens is 210 g/mol. The van der Waals surface area contributed by atoms with Crippen LogP contribution in [0, 0.1) is 0 Å². The molecule has 16 heavy (non-hydrogen) atoms. The number of amides is 1. The minimum absolute atomic E-state index is 0.165. The zero-order chi connectivity index (χ0) is 11.7. The number of carbonyl (C=O) groups is 2. The first kappa shape index (κ1) is 10.2. The molecular formula is C10H9N3O3. The molecule has 0 saturated carbocycles. The molecule has 0 spiro atoms. The summed E-state index contributed by atoms with van der Waals surface area (Å²) in [4.78, 5) is 25.8. The van der Waals surface area contributed by atoms with Gasteiger partial charge in [-0.05, 0) is 12.1 Å². The lowest BCUT2D eigenvalue weighted by Crippen LogP contribution is -2.11. The lowest BCUT2D eigenvalue weighted by atomic mass is 10.4. The minimum Gasteiger partial charge on any atom is -0.476 e. The lowest BCUT2D eigenvalue weighted by Gasteiger charge is -2.02. The summed E-state index contributed by atoms with van der Waals surface area (Å²) >= 11 is 0. The van der Waals surface area contributed by atoms with Gasteiger partial charge in [-0.2, -0.15) is 0 Å². The molecule has 82 valence electrons. The molecule has 2 aromatic rings. The van der Waals surface area contributed by atoms with Crippen LogP contribution < -0.4 is 5.32 Å². The van der Waals surface area contributed by atoms with Crippen LogP contribution >= 0.6 is 0 Å². The van der Waals surface area contributed by atoms with E-state index in [0.717, 1.165) is 0 Å². The van der Waals surface area contributed by atoms with Crippen molar-refractivity contribution in [3.63, 3.8) is 0 Å². The quantitative estimate of drug-likeness (QED) is 0.788. The summed E-state index contributed by atoms with van der Waals surface area (Å²) in [7, 11) is 0. The molecule has 0 fully saturated rings. The maximum absolute atomic E-state index is 11.0. The number of anilines is 1. The van der Waals surface area contributed by atoms with E-state index in [0.29, 0.717) is 5.65 Å². The zero-order valence-corrected chi connectivity index (χ0v) is 8.47. The molecule has 2 N–H and O–H groups in total. The molecule has 0 atom stereocenters. The molecule has 6 nitrogen and oxygen atoms in total. The van der Waals surface area contributed by atoms with Crippen molar-refractivity contribution in [1.82, 2.24) is 9.38 Å². The van der Waals surface area contributed by atoms with Gasteiger partial charge in [-0.25, -0.2) is 9.78 Å². The van der Waals surface area contributed by atoms with Crippen LogP contribution in [-0.4, -0.2) is 26.4 Å². The summed E-state index contributed by atoms with van der Waals surface area (Å²) in [6, 6.07) is 5.13. The van der Waals surface area contributed by atoms with Gasteiger partial charge in [0.1, 0.15) is 5.65 Å². The van der Waals surface area contributed by atoms with E-state index in [1.165, 1.54) is 11.3 Å². The molecule has 6 heteroatoms. The number of hydrogen-bond donors (Lipinski definition) is 2. The molecule has 2 rings (SSSR count). The highest BCUT2D eigenvalue weighted by Crippen LogP contribution is 2.17. The average Bonchev–Trinajstić information content (AvgIpc) is 2.57. The second-order valence-electron chi connectivity index (χ2n) is 3.22. The van der Waals surface area contributed by atoms with E-state index >= 15 is 0 Å². The number of carboxylic acid groups (broad SMARTS) is 1. The fraction of sp³-hybridized carbons (Fsp3) is 0.100. The predicted octanol–water partition coefficient (Wildman–Crippen LogP) is 0.991. The Bertz CT molecular complexity index is 574. The van der Waals surface area contributed by atoms with Gasteiger partial charge in [0.05, 0.1) is 0 Å². The summed E-state index contributed by atoms with van der Waals surface area (Å²) in [5.41, 5.74) is 0.310. The molecule has 0 aliphatic rings. The number of nitrogens with zero attached hydrogens (tertiary/aromatic N) is 2. The smallest absolute Gasteiger partial charge is 0.358 e. The Balaban J connectivity index is 2.69. The molecule has 0 bridgehead atoms. The monoisotopic (exact) mass is 219 g/mol. The highest BCUT2D eigenvalue weighted by Gasteiger charge is 2.18. The minimum atomic E-state index is -1.17. The van der Waals surface area contributed by atoms with Crippen LogP contribution in [0.1, 0.15) is 17.4 Å². The molecule has 0 aromatic carbocycles. The lowest BCUT2D eigenvalue weighted by molar-refractivity contribution is -0.114. The van der Waals surface area contributed by atoms with Crippen molar-refractivity contribution >= 4 is 23.3 Å². The van der Waals surface area contributed by atoms with E-state index in [1.807, 2.05) is 0 Å². The van der Waals surface area contributed by atoms with E-state index in [9.17, 15) is 9.59 Å². The van der Waals surface area contributed by atoms with E-state index in [4.69, 9.17) is 5.11 Å². The van der Waals surface area contributed by atoms with Crippen molar-refractivity contribution < 1.29 is 14.7 Å². The Morgan fingerprint density at radius 2 is 2.19 bits per heavy atom. The van der Waals surface area contributed by atoms with Gasteiger partial charge in [-0.1, -0.05) is 6.07 Å². The van der Waals surface area contributed by atoms with Crippen LogP contribution in [0.2, 0.25) is 0 Å². The van der Waals surface area contributed by atoms with Gasteiger partial charge in [0.15, 0.2) is 11.5 Å². The Hall–Kier alpha value is -2.37. The fourth-order valence-corrected chi connectivity index (χ4v) is 1.43.